The van der Waals surface area contributed by atoms with Crippen LogP contribution in [0.3, 0.4) is 0 Å². The van der Waals surface area contributed by atoms with Gasteiger partial charge in [-0.25, -0.2) is 4.39 Å². The Morgan fingerprint density at radius 2 is 1.68 bits per heavy atom. The van der Waals surface area contributed by atoms with Crippen molar-refractivity contribution in [1.29, 1.82) is 0 Å². The maximum atomic E-state index is 13.7. The Kier molecular flexibility index (Phi) is 10.5. The average Bonchev–Trinajstić information content (AvgIpc) is 3.42. The predicted molar refractivity (Wildman–Crippen MR) is 154 cm³/mol. The fraction of sp³-hybridized carbons (Fsp3) is 0.333. The predicted octanol–water partition coefficient (Wildman–Crippen LogP) is 7.06. The molecule has 0 radical (unpaired) electrons. The number of benzene rings is 3. The molecule has 1 N–H and O–H groups in total. The molecule has 1 saturated carbocycles. The van der Waals surface area contributed by atoms with Crippen LogP contribution in [0.5, 0.6) is 0 Å². The second-order valence-corrected chi connectivity index (χ2v) is 11.4. The van der Waals surface area contributed by atoms with Gasteiger partial charge in [0, 0.05) is 34.8 Å². The standard InChI is InChI=1S/C30H31Cl2FN2O2S/c31-24-13-12-23(27(32)17-24)19-38-20-29(36)35(18-22-10-14-25(33)15-11-22)28(16-21-6-2-1-3-7-21)30(37)34-26-8-4-5-9-26/h1-3,6-7,10-15,17,26,28H,4-5,8-9,16,18-20H2,(H,34,37)/t28-/m1/s1. The molecule has 0 unspecified atom stereocenters. The summed E-state index contributed by atoms with van der Waals surface area (Å²) in [5.41, 5.74) is 2.62. The monoisotopic (exact) mass is 572 g/mol. The maximum absolute atomic E-state index is 13.7. The summed E-state index contributed by atoms with van der Waals surface area (Å²) >= 11 is 13.8. The van der Waals surface area contributed by atoms with Crippen LogP contribution < -0.4 is 5.32 Å². The number of nitrogens with one attached hydrogen (secondary N) is 1. The van der Waals surface area contributed by atoms with E-state index in [2.05, 4.69) is 5.32 Å². The second-order valence-electron chi connectivity index (χ2n) is 9.57. The van der Waals surface area contributed by atoms with Crippen molar-refractivity contribution in [2.45, 2.75) is 56.5 Å². The van der Waals surface area contributed by atoms with E-state index in [0.717, 1.165) is 42.4 Å². The van der Waals surface area contributed by atoms with Gasteiger partial charge in [0.25, 0.3) is 0 Å². The highest BCUT2D eigenvalue weighted by Gasteiger charge is 2.32. The Morgan fingerprint density at radius 1 is 0.974 bits per heavy atom. The van der Waals surface area contributed by atoms with Gasteiger partial charge in [0.15, 0.2) is 0 Å². The summed E-state index contributed by atoms with van der Waals surface area (Å²) in [4.78, 5) is 29.0. The number of rotatable bonds is 11. The normalized spacial score (nSPS) is 14.3. The molecular formula is C30H31Cl2FN2O2S. The largest absolute Gasteiger partial charge is 0.352 e. The van der Waals surface area contributed by atoms with Crippen molar-refractivity contribution in [3.8, 4) is 0 Å². The van der Waals surface area contributed by atoms with E-state index in [1.54, 1.807) is 29.2 Å². The summed E-state index contributed by atoms with van der Waals surface area (Å²) in [6.07, 6.45) is 4.48. The van der Waals surface area contributed by atoms with Crippen molar-refractivity contribution in [2.75, 3.05) is 5.75 Å². The van der Waals surface area contributed by atoms with Gasteiger partial charge in [-0.15, -0.1) is 11.8 Å². The zero-order valence-electron chi connectivity index (χ0n) is 21.0. The number of amides is 2. The summed E-state index contributed by atoms with van der Waals surface area (Å²) < 4.78 is 13.6. The van der Waals surface area contributed by atoms with E-state index in [1.165, 1.54) is 23.9 Å². The number of carbonyl (C=O) groups is 2. The molecule has 4 rings (SSSR count). The summed E-state index contributed by atoms with van der Waals surface area (Å²) in [6.45, 7) is 0.205. The van der Waals surface area contributed by atoms with Gasteiger partial charge in [-0.2, -0.15) is 0 Å². The lowest BCUT2D eigenvalue weighted by molar-refractivity contribution is -0.139. The van der Waals surface area contributed by atoms with Gasteiger partial charge >= 0.3 is 0 Å². The number of hydrogen-bond donors (Lipinski definition) is 1. The lowest BCUT2D eigenvalue weighted by atomic mass is 10.0. The zero-order valence-corrected chi connectivity index (χ0v) is 23.4. The van der Waals surface area contributed by atoms with Crippen LogP contribution >= 0.6 is 35.0 Å². The zero-order chi connectivity index (χ0) is 26.9. The topological polar surface area (TPSA) is 49.4 Å². The molecule has 8 heteroatoms. The van der Waals surface area contributed by atoms with Crippen molar-refractivity contribution in [1.82, 2.24) is 10.2 Å². The van der Waals surface area contributed by atoms with E-state index in [1.807, 2.05) is 36.4 Å². The van der Waals surface area contributed by atoms with Crippen molar-refractivity contribution >= 4 is 46.8 Å². The molecule has 4 nitrogen and oxygen atoms in total. The van der Waals surface area contributed by atoms with Gasteiger partial charge < -0.3 is 10.2 Å². The Labute approximate surface area is 237 Å². The lowest BCUT2D eigenvalue weighted by Gasteiger charge is -2.32. The van der Waals surface area contributed by atoms with Crippen LogP contribution in [-0.4, -0.2) is 34.6 Å². The molecule has 3 aromatic rings. The highest BCUT2D eigenvalue weighted by Crippen LogP contribution is 2.26. The molecular weight excluding hydrogens is 542 g/mol. The molecule has 0 spiro atoms. The Bertz CT molecular complexity index is 1220. The molecule has 0 aromatic heterocycles. The van der Waals surface area contributed by atoms with Crippen LogP contribution in [-0.2, 0) is 28.3 Å². The van der Waals surface area contributed by atoms with Crippen molar-refractivity contribution < 1.29 is 14.0 Å². The van der Waals surface area contributed by atoms with Crippen LogP contribution in [0.1, 0.15) is 42.4 Å². The highest BCUT2D eigenvalue weighted by molar-refractivity contribution is 7.99. The van der Waals surface area contributed by atoms with E-state index >= 15 is 0 Å². The molecule has 1 aliphatic rings. The Balaban J connectivity index is 1.56. The first-order valence-corrected chi connectivity index (χ1v) is 14.7. The molecule has 3 aromatic carbocycles. The van der Waals surface area contributed by atoms with Gasteiger partial charge in [-0.1, -0.05) is 84.6 Å². The lowest BCUT2D eigenvalue weighted by Crippen LogP contribution is -2.52. The number of carbonyl (C=O) groups excluding carboxylic acids is 2. The number of thioether (sulfide) groups is 1. The minimum atomic E-state index is -0.699. The van der Waals surface area contributed by atoms with E-state index in [9.17, 15) is 14.0 Å². The van der Waals surface area contributed by atoms with Crippen LogP contribution in [0.25, 0.3) is 0 Å². The molecule has 1 atom stereocenters. The van der Waals surface area contributed by atoms with Crippen LogP contribution in [0.4, 0.5) is 4.39 Å². The van der Waals surface area contributed by atoms with E-state index in [-0.39, 0.29) is 36.0 Å². The van der Waals surface area contributed by atoms with Gasteiger partial charge in [0.1, 0.15) is 11.9 Å². The third kappa shape index (κ3) is 8.23. The Morgan fingerprint density at radius 3 is 2.37 bits per heavy atom. The molecule has 2 amide bonds. The van der Waals surface area contributed by atoms with Crippen LogP contribution in [0.15, 0.2) is 72.8 Å². The quantitative estimate of drug-likeness (QED) is 0.267. The van der Waals surface area contributed by atoms with Crippen LogP contribution in [0, 0.1) is 5.82 Å². The fourth-order valence-corrected chi connectivity index (χ4v) is 6.15. The molecule has 0 saturated heterocycles. The Hall–Kier alpha value is -2.54. The highest BCUT2D eigenvalue weighted by atomic mass is 35.5. The summed E-state index contributed by atoms with van der Waals surface area (Å²) in [6, 6.07) is 20.5. The summed E-state index contributed by atoms with van der Waals surface area (Å²) in [5.74, 6) is 0.0436. The average molecular weight is 574 g/mol. The second kappa shape index (κ2) is 14.0. The number of nitrogens with zero attached hydrogens (tertiary/aromatic N) is 1. The fourth-order valence-electron chi connectivity index (χ4n) is 4.68. The molecule has 0 heterocycles. The first kappa shape index (κ1) is 28.5. The smallest absolute Gasteiger partial charge is 0.243 e. The first-order chi connectivity index (χ1) is 18.4. The molecule has 38 heavy (non-hydrogen) atoms. The van der Waals surface area contributed by atoms with E-state index < -0.39 is 6.04 Å². The van der Waals surface area contributed by atoms with Gasteiger partial charge in [-0.3, -0.25) is 9.59 Å². The minimum Gasteiger partial charge on any atom is -0.352 e. The summed E-state index contributed by atoms with van der Waals surface area (Å²) in [5, 5.41) is 4.31. The third-order valence-corrected chi connectivity index (χ3v) is 8.29. The van der Waals surface area contributed by atoms with Crippen molar-refractivity contribution in [3.05, 3.63) is 105 Å². The van der Waals surface area contributed by atoms with Gasteiger partial charge in [-0.05, 0) is 53.8 Å². The minimum absolute atomic E-state index is 0.130. The van der Waals surface area contributed by atoms with E-state index in [4.69, 9.17) is 23.2 Å². The van der Waals surface area contributed by atoms with Crippen molar-refractivity contribution in [2.24, 2.45) is 0 Å². The third-order valence-electron chi connectivity index (χ3n) is 6.74. The maximum Gasteiger partial charge on any atom is 0.243 e. The molecule has 200 valence electrons. The molecule has 0 bridgehead atoms. The van der Waals surface area contributed by atoms with Gasteiger partial charge in [0.05, 0.1) is 5.75 Å². The molecule has 1 fully saturated rings. The van der Waals surface area contributed by atoms with Gasteiger partial charge in [0.2, 0.25) is 11.8 Å². The first-order valence-electron chi connectivity index (χ1n) is 12.8. The number of hydrogen-bond acceptors (Lipinski definition) is 3. The van der Waals surface area contributed by atoms with Crippen LogP contribution in [0.2, 0.25) is 10.0 Å². The molecule has 0 aliphatic heterocycles. The molecule has 1 aliphatic carbocycles. The summed E-state index contributed by atoms with van der Waals surface area (Å²) in [7, 11) is 0. The number of halogens is 3. The SMILES string of the molecule is O=C(NC1CCCC1)[C@@H](Cc1ccccc1)N(Cc1ccc(F)cc1)C(=O)CSCc1ccc(Cl)cc1Cl. The van der Waals surface area contributed by atoms with Crippen molar-refractivity contribution in [3.63, 3.8) is 0 Å². The van der Waals surface area contributed by atoms with E-state index in [0.29, 0.717) is 22.2 Å².